The predicted molar refractivity (Wildman–Crippen MR) is 66.4 cm³/mol. The number of aromatic nitrogens is 1. The zero-order valence-corrected chi connectivity index (χ0v) is 10.7. The summed E-state index contributed by atoms with van der Waals surface area (Å²) in [6.07, 6.45) is -2.02. The molecule has 100 valence electrons. The van der Waals surface area contributed by atoms with Gasteiger partial charge >= 0.3 is 6.36 Å². The molecule has 0 N–H and O–H groups in total. The maximum atomic E-state index is 12.1. The highest BCUT2D eigenvalue weighted by Crippen LogP contribution is 2.35. The number of rotatable bonds is 2. The molecule has 1 aromatic carbocycles. The van der Waals surface area contributed by atoms with Gasteiger partial charge in [-0.3, -0.25) is 4.98 Å². The molecule has 7 heteroatoms. The van der Waals surface area contributed by atoms with Gasteiger partial charge in [-0.1, -0.05) is 35.3 Å². The molecular weight excluding hydrogens is 302 g/mol. The van der Waals surface area contributed by atoms with Gasteiger partial charge < -0.3 is 4.74 Å². The summed E-state index contributed by atoms with van der Waals surface area (Å²) in [5.74, 6) is -0.339. The minimum Gasteiger partial charge on any atom is -0.406 e. The number of hydrogen-bond acceptors (Lipinski definition) is 2. The maximum absolute atomic E-state index is 12.1. The summed E-state index contributed by atoms with van der Waals surface area (Å²) in [4.78, 5) is 3.78. The van der Waals surface area contributed by atoms with E-state index in [9.17, 15) is 13.2 Å². The molecule has 0 aliphatic heterocycles. The van der Waals surface area contributed by atoms with E-state index in [1.165, 1.54) is 30.6 Å². The van der Waals surface area contributed by atoms with E-state index in [1.54, 1.807) is 6.07 Å². The number of pyridine rings is 1. The van der Waals surface area contributed by atoms with Gasteiger partial charge in [-0.05, 0) is 17.7 Å². The number of nitrogens with zero attached hydrogens (tertiary/aromatic N) is 1. The van der Waals surface area contributed by atoms with E-state index in [4.69, 9.17) is 23.2 Å². The fraction of sp³-hybridized carbons (Fsp3) is 0.0833. The Morgan fingerprint density at radius 2 is 1.68 bits per heavy atom. The van der Waals surface area contributed by atoms with Crippen molar-refractivity contribution in [3.8, 4) is 16.9 Å². The van der Waals surface area contributed by atoms with Crippen LogP contribution >= 0.6 is 23.2 Å². The Morgan fingerprint density at radius 1 is 1.05 bits per heavy atom. The lowest BCUT2D eigenvalue weighted by molar-refractivity contribution is -0.274. The molecule has 2 rings (SSSR count). The highest BCUT2D eigenvalue weighted by Gasteiger charge is 2.31. The average molecular weight is 308 g/mol. The molecule has 0 aliphatic carbocycles. The van der Waals surface area contributed by atoms with Crippen molar-refractivity contribution in [3.63, 3.8) is 0 Å². The highest BCUT2D eigenvalue weighted by molar-refractivity contribution is 6.38. The molecular formula is C12H6Cl2F3NO. The number of benzene rings is 1. The van der Waals surface area contributed by atoms with E-state index < -0.39 is 6.36 Å². The van der Waals surface area contributed by atoms with Crippen LogP contribution in [-0.4, -0.2) is 11.3 Å². The van der Waals surface area contributed by atoms with Crippen molar-refractivity contribution in [3.05, 3.63) is 46.7 Å². The van der Waals surface area contributed by atoms with Crippen molar-refractivity contribution in [2.75, 3.05) is 0 Å². The molecule has 0 unspecified atom stereocenters. The highest BCUT2D eigenvalue weighted by atomic mass is 35.5. The van der Waals surface area contributed by atoms with Gasteiger partial charge in [0.1, 0.15) is 5.75 Å². The summed E-state index contributed by atoms with van der Waals surface area (Å²) in [6, 6.07) is 5.40. The van der Waals surface area contributed by atoms with Gasteiger partial charge in [0.05, 0.1) is 10.0 Å². The van der Waals surface area contributed by atoms with Crippen LogP contribution in [0.1, 0.15) is 0 Å². The van der Waals surface area contributed by atoms with Crippen LogP contribution in [0.25, 0.3) is 11.1 Å². The Morgan fingerprint density at radius 3 is 2.26 bits per heavy atom. The number of hydrogen-bond donors (Lipinski definition) is 0. The molecule has 2 nitrogen and oxygen atoms in total. The minimum atomic E-state index is -4.75. The van der Waals surface area contributed by atoms with E-state index in [1.807, 2.05) is 0 Å². The first-order valence-electron chi connectivity index (χ1n) is 5.02. The quantitative estimate of drug-likeness (QED) is 0.783. The zero-order valence-electron chi connectivity index (χ0n) is 9.21. The van der Waals surface area contributed by atoms with Crippen molar-refractivity contribution in [2.45, 2.75) is 6.36 Å². The van der Waals surface area contributed by atoms with Crippen molar-refractivity contribution in [2.24, 2.45) is 0 Å². The van der Waals surface area contributed by atoms with Crippen molar-refractivity contribution in [1.82, 2.24) is 4.98 Å². The zero-order chi connectivity index (χ0) is 14.0. The van der Waals surface area contributed by atoms with Crippen LogP contribution in [0.5, 0.6) is 5.75 Å². The second kappa shape index (κ2) is 5.27. The van der Waals surface area contributed by atoms with Gasteiger partial charge in [0.2, 0.25) is 0 Å². The van der Waals surface area contributed by atoms with Gasteiger partial charge in [-0.15, -0.1) is 13.2 Å². The van der Waals surface area contributed by atoms with Crippen molar-refractivity contribution in [1.29, 1.82) is 0 Å². The monoisotopic (exact) mass is 307 g/mol. The SMILES string of the molecule is FC(F)(F)Oc1cccc(-c2c(Cl)cncc2Cl)c1. The molecule has 19 heavy (non-hydrogen) atoms. The van der Waals surface area contributed by atoms with E-state index in [-0.39, 0.29) is 15.8 Å². The smallest absolute Gasteiger partial charge is 0.406 e. The lowest BCUT2D eigenvalue weighted by Gasteiger charge is -2.11. The molecule has 0 bridgehead atoms. The third-order valence-corrected chi connectivity index (χ3v) is 2.78. The Hall–Kier alpha value is -1.46. The van der Waals surface area contributed by atoms with E-state index in [2.05, 4.69) is 9.72 Å². The Labute approximate surface area is 116 Å². The van der Waals surface area contributed by atoms with Gasteiger partial charge in [0.25, 0.3) is 0 Å². The van der Waals surface area contributed by atoms with Crippen LogP contribution in [0.4, 0.5) is 13.2 Å². The third kappa shape index (κ3) is 3.52. The van der Waals surface area contributed by atoms with E-state index in [0.717, 1.165) is 0 Å². The number of alkyl halides is 3. The lowest BCUT2D eigenvalue weighted by Crippen LogP contribution is -2.17. The largest absolute Gasteiger partial charge is 0.573 e. The van der Waals surface area contributed by atoms with Crippen LogP contribution in [0.3, 0.4) is 0 Å². The Balaban J connectivity index is 2.44. The summed E-state index contributed by atoms with van der Waals surface area (Å²) >= 11 is 11.9. The summed E-state index contributed by atoms with van der Waals surface area (Å²) in [5, 5.41) is 0.494. The average Bonchev–Trinajstić information content (AvgIpc) is 2.26. The predicted octanol–water partition coefficient (Wildman–Crippen LogP) is 4.95. The molecule has 0 aliphatic rings. The van der Waals surface area contributed by atoms with Crippen LogP contribution in [-0.2, 0) is 0 Å². The van der Waals surface area contributed by atoms with Crippen molar-refractivity contribution < 1.29 is 17.9 Å². The Kier molecular flexibility index (Phi) is 3.87. The summed E-state index contributed by atoms with van der Waals surface area (Å²) in [6.45, 7) is 0. The molecule has 1 heterocycles. The van der Waals surface area contributed by atoms with Crippen LogP contribution in [0, 0.1) is 0 Å². The number of ether oxygens (including phenoxy) is 1. The summed E-state index contributed by atoms with van der Waals surface area (Å²) in [7, 11) is 0. The van der Waals surface area contributed by atoms with Crippen molar-refractivity contribution >= 4 is 23.2 Å². The fourth-order valence-corrected chi connectivity index (χ4v) is 2.12. The molecule has 0 atom stereocenters. The molecule has 2 aromatic rings. The van der Waals surface area contributed by atoms with E-state index in [0.29, 0.717) is 11.1 Å². The third-order valence-electron chi connectivity index (χ3n) is 2.21. The second-order valence-electron chi connectivity index (χ2n) is 3.55. The molecule has 0 saturated carbocycles. The van der Waals surface area contributed by atoms with E-state index >= 15 is 0 Å². The first-order valence-corrected chi connectivity index (χ1v) is 5.77. The van der Waals surface area contributed by atoms with Crippen LogP contribution < -0.4 is 4.74 Å². The van der Waals surface area contributed by atoms with Gasteiger partial charge in [-0.2, -0.15) is 0 Å². The van der Waals surface area contributed by atoms with Gasteiger partial charge in [-0.25, -0.2) is 0 Å². The van der Waals surface area contributed by atoms with Gasteiger partial charge in [0.15, 0.2) is 0 Å². The summed E-state index contributed by atoms with van der Waals surface area (Å²) in [5.41, 5.74) is 0.824. The number of halogens is 5. The first kappa shape index (κ1) is 14.0. The molecule has 0 spiro atoms. The topological polar surface area (TPSA) is 22.1 Å². The molecule has 0 amide bonds. The summed E-state index contributed by atoms with van der Waals surface area (Å²) < 4.78 is 40.3. The first-order chi connectivity index (χ1) is 8.87. The maximum Gasteiger partial charge on any atom is 0.573 e. The standard InChI is InChI=1S/C12H6Cl2F3NO/c13-9-5-18-6-10(14)11(9)7-2-1-3-8(4-7)19-12(15,16)17/h1-6H. The molecule has 0 fully saturated rings. The van der Waals surface area contributed by atoms with Gasteiger partial charge in [0, 0.05) is 18.0 Å². The molecule has 0 radical (unpaired) electrons. The molecule has 0 saturated heterocycles. The van der Waals surface area contributed by atoms with Crippen LogP contribution in [0.15, 0.2) is 36.7 Å². The van der Waals surface area contributed by atoms with Crippen LogP contribution in [0.2, 0.25) is 10.0 Å². The lowest BCUT2D eigenvalue weighted by atomic mass is 10.1. The fourth-order valence-electron chi connectivity index (χ4n) is 1.54. The second-order valence-corrected chi connectivity index (χ2v) is 4.37. The Bertz CT molecular complexity index is 582. The molecule has 1 aromatic heterocycles. The normalized spacial score (nSPS) is 11.4. The minimum absolute atomic E-state index is 0.247.